The van der Waals surface area contributed by atoms with Crippen LogP contribution in [0, 0.1) is 0 Å². The van der Waals surface area contributed by atoms with E-state index in [2.05, 4.69) is 10.2 Å². The van der Waals surface area contributed by atoms with Crippen molar-refractivity contribution >= 4 is 12.3 Å². The van der Waals surface area contributed by atoms with Gasteiger partial charge in [-0.05, 0) is 24.6 Å². The number of hydrogen-bond acceptors (Lipinski definition) is 7. The van der Waals surface area contributed by atoms with E-state index in [1.165, 1.54) is 6.92 Å². The maximum atomic E-state index is 11.9. The van der Waals surface area contributed by atoms with Gasteiger partial charge in [0.2, 0.25) is 6.41 Å². The maximum Gasteiger partial charge on any atom is 0.251 e. The van der Waals surface area contributed by atoms with Gasteiger partial charge in [0.05, 0.1) is 6.54 Å². The van der Waals surface area contributed by atoms with Crippen LogP contribution in [0.15, 0.2) is 24.3 Å². The Morgan fingerprint density at radius 3 is 2.57 bits per heavy atom. The van der Waals surface area contributed by atoms with Crippen LogP contribution >= 0.6 is 0 Å². The molecule has 0 saturated carbocycles. The van der Waals surface area contributed by atoms with Gasteiger partial charge in [0.15, 0.2) is 5.72 Å². The Morgan fingerprint density at radius 1 is 1.38 bits per heavy atom. The summed E-state index contributed by atoms with van der Waals surface area (Å²) in [7, 11) is 0. The van der Waals surface area contributed by atoms with E-state index in [9.17, 15) is 9.59 Å². The molecule has 116 valence electrons. The lowest BCUT2D eigenvalue weighted by Gasteiger charge is -2.26. The molecule has 0 aliphatic carbocycles. The highest BCUT2D eigenvalue weighted by Crippen LogP contribution is 2.06. The number of benzene rings is 1. The quantitative estimate of drug-likeness (QED) is 0.184. The van der Waals surface area contributed by atoms with Gasteiger partial charge in [-0.25, -0.2) is 15.2 Å². The summed E-state index contributed by atoms with van der Waals surface area (Å²) in [5.74, 6) is -0.400. The Labute approximate surface area is 120 Å². The SMILES string of the molecule is CC(CNC(=O)c1ccc(COO)cc1)(NO)ONC=O. The second-order valence-corrected chi connectivity index (χ2v) is 4.33. The second kappa shape index (κ2) is 8.29. The van der Waals surface area contributed by atoms with E-state index in [0.717, 1.165) is 0 Å². The fraction of sp³-hybridized carbons (Fsp3) is 0.333. The van der Waals surface area contributed by atoms with Crippen molar-refractivity contribution in [3.8, 4) is 0 Å². The van der Waals surface area contributed by atoms with Crippen LogP contribution in [-0.4, -0.2) is 35.1 Å². The smallest absolute Gasteiger partial charge is 0.251 e. The molecule has 0 aliphatic heterocycles. The van der Waals surface area contributed by atoms with Crippen molar-refractivity contribution in [1.82, 2.24) is 16.3 Å². The van der Waals surface area contributed by atoms with E-state index < -0.39 is 11.6 Å². The van der Waals surface area contributed by atoms with Crippen LogP contribution in [0.25, 0.3) is 0 Å². The van der Waals surface area contributed by atoms with E-state index in [1.807, 2.05) is 11.0 Å². The van der Waals surface area contributed by atoms with Gasteiger partial charge in [-0.3, -0.25) is 14.8 Å². The summed E-state index contributed by atoms with van der Waals surface area (Å²) >= 11 is 0. The number of nitrogens with one attached hydrogen (secondary N) is 3. The minimum Gasteiger partial charge on any atom is -0.348 e. The summed E-state index contributed by atoms with van der Waals surface area (Å²) in [4.78, 5) is 30.9. The third-order valence-corrected chi connectivity index (χ3v) is 2.60. The van der Waals surface area contributed by atoms with E-state index in [4.69, 9.17) is 15.3 Å². The zero-order valence-corrected chi connectivity index (χ0v) is 11.3. The molecule has 1 atom stereocenters. The molecule has 0 fully saturated rings. The molecule has 0 aromatic heterocycles. The number of carbonyl (C=O) groups is 2. The van der Waals surface area contributed by atoms with Crippen molar-refractivity contribution in [3.05, 3.63) is 35.4 Å². The van der Waals surface area contributed by atoms with Crippen molar-refractivity contribution in [3.63, 3.8) is 0 Å². The van der Waals surface area contributed by atoms with Crippen molar-refractivity contribution < 1.29 is 29.8 Å². The van der Waals surface area contributed by atoms with Gasteiger partial charge in [-0.2, -0.15) is 5.48 Å². The van der Waals surface area contributed by atoms with Gasteiger partial charge in [0, 0.05) is 5.56 Å². The minimum atomic E-state index is -1.37. The molecular formula is C12H17N3O6. The average Bonchev–Trinajstić information content (AvgIpc) is 2.52. The summed E-state index contributed by atoms with van der Waals surface area (Å²) in [6.07, 6.45) is 0.291. The Morgan fingerprint density at radius 2 is 2.05 bits per heavy atom. The largest absolute Gasteiger partial charge is 0.348 e. The summed E-state index contributed by atoms with van der Waals surface area (Å²) in [5.41, 5.74) is 3.48. The zero-order valence-electron chi connectivity index (χ0n) is 11.3. The first-order chi connectivity index (χ1) is 10.0. The van der Waals surface area contributed by atoms with Crippen molar-refractivity contribution in [1.29, 1.82) is 0 Å². The van der Waals surface area contributed by atoms with Crippen LogP contribution in [0.5, 0.6) is 0 Å². The Hall–Kier alpha value is -2.04. The second-order valence-electron chi connectivity index (χ2n) is 4.33. The molecule has 0 saturated heterocycles. The number of rotatable bonds is 9. The number of amides is 2. The molecule has 21 heavy (non-hydrogen) atoms. The van der Waals surface area contributed by atoms with Crippen LogP contribution in [0.2, 0.25) is 0 Å². The maximum absolute atomic E-state index is 11.9. The minimum absolute atomic E-state index is 0.0274. The fourth-order valence-corrected chi connectivity index (χ4v) is 1.43. The molecule has 9 heteroatoms. The summed E-state index contributed by atoms with van der Waals surface area (Å²) in [6.45, 7) is 1.34. The van der Waals surface area contributed by atoms with Gasteiger partial charge in [-0.1, -0.05) is 12.1 Å². The Bertz CT molecular complexity index is 467. The van der Waals surface area contributed by atoms with E-state index in [-0.39, 0.29) is 13.2 Å². The first-order valence-electron chi connectivity index (χ1n) is 5.96. The van der Waals surface area contributed by atoms with Crippen LogP contribution in [-0.2, 0) is 21.1 Å². The first kappa shape index (κ1) is 17.0. The summed E-state index contributed by atoms with van der Waals surface area (Å²) in [5, 5.41) is 19.8. The highest BCUT2D eigenvalue weighted by molar-refractivity contribution is 5.94. The predicted molar refractivity (Wildman–Crippen MR) is 69.8 cm³/mol. The summed E-state index contributed by atoms with van der Waals surface area (Å²) in [6, 6.07) is 6.36. The molecule has 1 rings (SSSR count). The van der Waals surface area contributed by atoms with E-state index >= 15 is 0 Å². The van der Waals surface area contributed by atoms with Gasteiger partial charge in [0.25, 0.3) is 5.91 Å². The van der Waals surface area contributed by atoms with E-state index in [1.54, 1.807) is 24.3 Å². The highest BCUT2D eigenvalue weighted by atomic mass is 17.1. The highest BCUT2D eigenvalue weighted by Gasteiger charge is 2.26. The molecule has 0 radical (unpaired) electrons. The lowest BCUT2D eigenvalue weighted by atomic mass is 10.1. The topological polar surface area (TPSA) is 129 Å². The molecule has 1 unspecified atom stereocenters. The van der Waals surface area contributed by atoms with Gasteiger partial charge < -0.3 is 10.5 Å². The van der Waals surface area contributed by atoms with Gasteiger partial charge in [0.1, 0.15) is 6.61 Å². The fourth-order valence-electron chi connectivity index (χ4n) is 1.43. The number of carbonyl (C=O) groups excluding carboxylic acids is 2. The molecule has 2 amide bonds. The normalized spacial score (nSPS) is 13.3. The van der Waals surface area contributed by atoms with Crippen LogP contribution in [0.1, 0.15) is 22.8 Å². The molecule has 0 aliphatic rings. The monoisotopic (exact) mass is 299 g/mol. The molecule has 0 heterocycles. The Balaban J connectivity index is 2.57. The lowest BCUT2D eigenvalue weighted by molar-refractivity contribution is -0.253. The zero-order chi connectivity index (χ0) is 15.7. The molecule has 5 N–H and O–H groups in total. The first-order valence-corrected chi connectivity index (χ1v) is 5.96. The number of hydrogen-bond donors (Lipinski definition) is 5. The van der Waals surface area contributed by atoms with Crippen LogP contribution in [0.3, 0.4) is 0 Å². The van der Waals surface area contributed by atoms with Crippen LogP contribution < -0.4 is 16.3 Å². The molecule has 9 nitrogen and oxygen atoms in total. The third kappa shape index (κ3) is 5.45. The van der Waals surface area contributed by atoms with Crippen molar-refractivity contribution in [2.45, 2.75) is 19.3 Å². The van der Waals surface area contributed by atoms with E-state index in [0.29, 0.717) is 17.5 Å². The summed E-state index contributed by atoms with van der Waals surface area (Å²) < 4.78 is 0. The van der Waals surface area contributed by atoms with Crippen molar-refractivity contribution in [2.75, 3.05) is 6.54 Å². The molecular weight excluding hydrogens is 282 g/mol. The number of hydroxylamine groups is 2. The molecule has 1 aromatic carbocycles. The standard InChI is InChI=1S/C12H17N3O6/c1-12(15-18,21-14-8-16)7-13-11(17)10-4-2-9(3-5-10)6-20-19/h2-5,8,15,18-19H,6-7H2,1H3,(H,13,17)(H,14,16). The third-order valence-electron chi connectivity index (χ3n) is 2.60. The lowest BCUT2D eigenvalue weighted by Crippen LogP contribution is -2.54. The van der Waals surface area contributed by atoms with Crippen LogP contribution in [0.4, 0.5) is 0 Å². The molecule has 0 spiro atoms. The average molecular weight is 299 g/mol. The van der Waals surface area contributed by atoms with Gasteiger partial charge in [-0.15, -0.1) is 0 Å². The van der Waals surface area contributed by atoms with Crippen molar-refractivity contribution in [2.24, 2.45) is 0 Å². The molecule has 0 bridgehead atoms. The van der Waals surface area contributed by atoms with Gasteiger partial charge >= 0.3 is 0 Å². The Kier molecular flexibility index (Phi) is 6.72. The molecule has 1 aromatic rings. The predicted octanol–water partition coefficient (Wildman–Crippen LogP) is -0.221.